The number of carbonyl (C=O) groups excluding carboxylic acids is 1. The van der Waals surface area contributed by atoms with E-state index in [1.54, 1.807) is 12.4 Å². The largest absolute Gasteiger partial charge is 0.418 e. The number of hydrogen-bond acceptors (Lipinski definition) is 6. The van der Waals surface area contributed by atoms with E-state index in [1.807, 2.05) is 17.0 Å². The van der Waals surface area contributed by atoms with Gasteiger partial charge in [0.25, 0.3) is 0 Å². The van der Waals surface area contributed by atoms with Crippen molar-refractivity contribution < 1.29 is 9.21 Å². The van der Waals surface area contributed by atoms with Gasteiger partial charge in [0.05, 0.1) is 12.1 Å². The van der Waals surface area contributed by atoms with Crippen LogP contribution in [0.2, 0.25) is 0 Å². The highest BCUT2D eigenvalue weighted by Gasteiger charge is 2.33. The van der Waals surface area contributed by atoms with E-state index in [1.165, 1.54) is 11.1 Å². The molecular formula is C23H25N5O2. The SMILES string of the molecule is O=C(CN1CCc2ccccc2C1)N1CCCC[C@@H]1c1nnc(-c2cccnc2)o1. The van der Waals surface area contributed by atoms with Crippen molar-refractivity contribution in [3.63, 3.8) is 0 Å². The minimum absolute atomic E-state index is 0.139. The van der Waals surface area contributed by atoms with Crippen LogP contribution < -0.4 is 0 Å². The number of piperidine rings is 1. The number of hydrogen-bond donors (Lipinski definition) is 0. The van der Waals surface area contributed by atoms with E-state index in [0.29, 0.717) is 18.3 Å². The average Bonchev–Trinajstić information content (AvgIpc) is 3.30. The van der Waals surface area contributed by atoms with Gasteiger partial charge < -0.3 is 9.32 Å². The lowest BCUT2D eigenvalue weighted by molar-refractivity contribution is -0.137. The number of benzene rings is 1. The zero-order valence-electron chi connectivity index (χ0n) is 16.9. The highest BCUT2D eigenvalue weighted by atomic mass is 16.4. The van der Waals surface area contributed by atoms with Crippen LogP contribution in [0.25, 0.3) is 11.5 Å². The van der Waals surface area contributed by atoms with Crippen LogP contribution in [0.3, 0.4) is 0 Å². The second-order valence-electron chi connectivity index (χ2n) is 8.02. The Kier molecular flexibility index (Phi) is 5.27. The Morgan fingerprint density at radius 3 is 2.83 bits per heavy atom. The number of carbonyl (C=O) groups is 1. The Bertz CT molecular complexity index is 1020. The molecule has 3 aromatic rings. The molecule has 4 heterocycles. The van der Waals surface area contributed by atoms with Crippen LogP contribution in [0.5, 0.6) is 0 Å². The van der Waals surface area contributed by atoms with E-state index >= 15 is 0 Å². The summed E-state index contributed by atoms with van der Waals surface area (Å²) in [6.07, 6.45) is 7.32. The van der Waals surface area contributed by atoms with Crippen molar-refractivity contribution in [2.75, 3.05) is 19.6 Å². The number of fused-ring (bicyclic) bond motifs is 1. The van der Waals surface area contributed by atoms with Gasteiger partial charge in [-0.3, -0.25) is 14.7 Å². The third-order valence-corrected chi connectivity index (χ3v) is 6.03. The van der Waals surface area contributed by atoms with E-state index in [0.717, 1.165) is 50.9 Å². The molecule has 2 aliphatic rings. The van der Waals surface area contributed by atoms with Crippen LogP contribution >= 0.6 is 0 Å². The maximum Gasteiger partial charge on any atom is 0.249 e. The molecule has 0 saturated carbocycles. The van der Waals surface area contributed by atoms with Crippen molar-refractivity contribution in [3.05, 3.63) is 65.8 Å². The van der Waals surface area contributed by atoms with Crippen molar-refractivity contribution in [3.8, 4) is 11.5 Å². The molecule has 0 unspecified atom stereocenters. The standard InChI is InChI=1S/C23H25N5O2/c29-21(16-27-13-10-17-6-1-2-7-19(17)15-27)28-12-4-3-9-20(28)23-26-25-22(30-23)18-8-5-11-24-14-18/h1-2,5-8,11,14,20H,3-4,9-10,12-13,15-16H2/t20-/m1/s1. The molecule has 1 atom stereocenters. The average molecular weight is 403 g/mol. The number of aromatic nitrogens is 3. The summed E-state index contributed by atoms with van der Waals surface area (Å²) < 4.78 is 5.96. The summed E-state index contributed by atoms with van der Waals surface area (Å²) in [6.45, 7) is 2.89. The highest BCUT2D eigenvalue weighted by Crippen LogP contribution is 2.32. The molecule has 30 heavy (non-hydrogen) atoms. The summed E-state index contributed by atoms with van der Waals surface area (Å²) in [7, 11) is 0. The van der Waals surface area contributed by atoms with Gasteiger partial charge in [-0.2, -0.15) is 0 Å². The molecule has 0 bridgehead atoms. The van der Waals surface area contributed by atoms with Crippen molar-refractivity contribution in [1.82, 2.24) is 25.0 Å². The molecule has 2 aliphatic heterocycles. The summed E-state index contributed by atoms with van der Waals surface area (Å²) >= 11 is 0. The quantitative estimate of drug-likeness (QED) is 0.666. The summed E-state index contributed by atoms with van der Waals surface area (Å²) in [5, 5.41) is 8.46. The molecule has 1 amide bonds. The second kappa shape index (κ2) is 8.36. The fraction of sp³-hybridized carbons (Fsp3) is 0.391. The van der Waals surface area contributed by atoms with Gasteiger partial charge in [0.2, 0.25) is 17.7 Å². The van der Waals surface area contributed by atoms with Gasteiger partial charge in [0.1, 0.15) is 6.04 Å². The van der Waals surface area contributed by atoms with Gasteiger partial charge >= 0.3 is 0 Å². The van der Waals surface area contributed by atoms with Crippen molar-refractivity contribution in [2.45, 2.75) is 38.3 Å². The lowest BCUT2D eigenvalue weighted by atomic mass is 9.99. The number of rotatable bonds is 4. The molecule has 7 heteroatoms. The Morgan fingerprint density at radius 2 is 1.97 bits per heavy atom. The fourth-order valence-corrected chi connectivity index (χ4v) is 4.43. The van der Waals surface area contributed by atoms with Crippen LogP contribution in [0, 0.1) is 0 Å². The summed E-state index contributed by atoms with van der Waals surface area (Å²) in [6, 6.07) is 12.1. The third kappa shape index (κ3) is 3.85. The molecule has 0 aliphatic carbocycles. The van der Waals surface area contributed by atoms with Gasteiger partial charge in [-0.1, -0.05) is 24.3 Å². The molecule has 7 nitrogen and oxygen atoms in total. The van der Waals surface area contributed by atoms with Gasteiger partial charge in [0.15, 0.2) is 0 Å². The Labute approximate surface area is 175 Å². The van der Waals surface area contributed by atoms with Crippen molar-refractivity contribution in [1.29, 1.82) is 0 Å². The summed E-state index contributed by atoms with van der Waals surface area (Å²) in [5.74, 6) is 1.11. The van der Waals surface area contributed by atoms with Crippen LogP contribution in [-0.2, 0) is 17.8 Å². The Hall–Kier alpha value is -3.06. The first-order valence-electron chi connectivity index (χ1n) is 10.6. The van der Waals surface area contributed by atoms with Crippen LogP contribution in [0.4, 0.5) is 0 Å². The van der Waals surface area contributed by atoms with E-state index in [-0.39, 0.29) is 11.9 Å². The van der Waals surface area contributed by atoms with Crippen LogP contribution in [0.1, 0.15) is 42.3 Å². The number of nitrogens with zero attached hydrogens (tertiary/aromatic N) is 5. The molecule has 0 radical (unpaired) electrons. The van der Waals surface area contributed by atoms with Crippen LogP contribution in [0.15, 0.2) is 53.2 Å². The number of amides is 1. The lowest BCUT2D eigenvalue weighted by Gasteiger charge is -2.36. The second-order valence-corrected chi connectivity index (χ2v) is 8.02. The smallest absolute Gasteiger partial charge is 0.249 e. The fourth-order valence-electron chi connectivity index (χ4n) is 4.43. The minimum atomic E-state index is -0.152. The maximum absolute atomic E-state index is 13.2. The summed E-state index contributed by atoms with van der Waals surface area (Å²) in [5.41, 5.74) is 3.51. The first-order chi connectivity index (χ1) is 14.8. The molecule has 154 valence electrons. The molecule has 1 aromatic carbocycles. The molecule has 0 spiro atoms. The van der Waals surface area contributed by atoms with Crippen molar-refractivity contribution in [2.24, 2.45) is 0 Å². The Balaban J connectivity index is 1.30. The topological polar surface area (TPSA) is 75.4 Å². The molecule has 1 fully saturated rings. The molecule has 5 rings (SSSR count). The predicted octanol–water partition coefficient (Wildman–Crippen LogP) is 3.24. The van der Waals surface area contributed by atoms with Gasteiger partial charge in [-0.05, 0) is 48.9 Å². The number of likely N-dealkylation sites (tertiary alicyclic amines) is 1. The first kappa shape index (κ1) is 18.9. The van der Waals surface area contributed by atoms with Gasteiger partial charge in [-0.25, -0.2) is 0 Å². The molecular weight excluding hydrogens is 378 g/mol. The minimum Gasteiger partial charge on any atom is -0.418 e. The predicted molar refractivity (Wildman–Crippen MR) is 111 cm³/mol. The van der Waals surface area contributed by atoms with E-state index in [2.05, 4.69) is 44.3 Å². The lowest BCUT2D eigenvalue weighted by Crippen LogP contribution is -2.45. The third-order valence-electron chi connectivity index (χ3n) is 6.03. The number of pyridine rings is 1. The monoisotopic (exact) mass is 403 g/mol. The maximum atomic E-state index is 13.2. The zero-order chi connectivity index (χ0) is 20.3. The molecule has 1 saturated heterocycles. The normalized spacial score (nSPS) is 19.5. The molecule has 0 N–H and O–H groups in total. The van der Waals surface area contributed by atoms with Gasteiger partial charge in [0, 0.05) is 32.0 Å². The van der Waals surface area contributed by atoms with Crippen molar-refractivity contribution >= 4 is 5.91 Å². The van der Waals surface area contributed by atoms with Crippen LogP contribution in [-0.4, -0.2) is 50.5 Å². The zero-order valence-corrected chi connectivity index (χ0v) is 16.9. The van der Waals surface area contributed by atoms with E-state index < -0.39 is 0 Å². The van der Waals surface area contributed by atoms with E-state index in [9.17, 15) is 4.79 Å². The Morgan fingerprint density at radius 1 is 1.07 bits per heavy atom. The first-order valence-corrected chi connectivity index (χ1v) is 10.6. The van der Waals surface area contributed by atoms with Gasteiger partial charge in [-0.15, -0.1) is 10.2 Å². The summed E-state index contributed by atoms with van der Waals surface area (Å²) in [4.78, 5) is 21.5. The molecule has 2 aromatic heterocycles. The van der Waals surface area contributed by atoms with E-state index in [4.69, 9.17) is 4.42 Å². The highest BCUT2D eigenvalue weighted by molar-refractivity contribution is 5.78.